The highest BCUT2D eigenvalue weighted by Crippen LogP contribution is 2.29. The Morgan fingerprint density at radius 2 is 2.24 bits per heavy atom. The predicted octanol–water partition coefficient (Wildman–Crippen LogP) is 2.41. The molecular weight excluding hydrogens is 259 g/mol. The van der Waals surface area contributed by atoms with Gasteiger partial charge in [-0.05, 0) is 6.42 Å². The van der Waals surface area contributed by atoms with Crippen molar-refractivity contribution in [3.8, 4) is 0 Å². The van der Waals surface area contributed by atoms with Crippen LogP contribution in [0.4, 0.5) is 19.0 Å². The lowest BCUT2D eigenvalue weighted by Gasteiger charge is -2.13. The highest BCUT2D eigenvalue weighted by Gasteiger charge is 2.33. The van der Waals surface area contributed by atoms with E-state index in [4.69, 9.17) is 11.6 Å². The fourth-order valence-corrected chi connectivity index (χ4v) is 1.28. The fourth-order valence-electron chi connectivity index (χ4n) is 1.14. The van der Waals surface area contributed by atoms with Crippen molar-refractivity contribution in [2.75, 3.05) is 17.8 Å². The molecule has 0 saturated carbocycles. The lowest BCUT2D eigenvalue weighted by Crippen LogP contribution is -2.26. The highest BCUT2D eigenvalue weighted by molar-refractivity contribution is 6.18. The number of amides is 1. The average molecular weight is 270 g/mol. The van der Waals surface area contributed by atoms with Crippen LogP contribution in [0, 0.1) is 0 Å². The summed E-state index contributed by atoms with van der Waals surface area (Å²) in [5, 5.41) is 5.28. The standard InChI is InChI=1S/C9H11ClF3N3O/c1-16(8(17)3-2-4-10)7-5-6(14-15-7)9(11,12)13/h5H,2-4H2,1H3,(H,14,15). The smallest absolute Gasteiger partial charge is 0.298 e. The van der Waals surface area contributed by atoms with E-state index in [2.05, 4.69) is 5.10 Å². The molecule has 0 atom stereocenters. The van der Waals surface area contributed by atoms with Crippen molar-refractivity contribution in [3.63, 3.8) is 0 Å². The van der Waals surface area contributed by atoms with Crippen LogP contribution in [0.3, 0.4) is 0 Å². The van der Waals surface area contributed by atoms with E-state index in [0.29, 0.717) is 12.3 Å². The molecule has 8 heteroatoms. The number of aromatic amines is 1. The van der Waals surface area contributed by atoms with Crippen molar-refractivity contribution in [1.82, 2.24) is 10.2 Å². The average Bonchev–Trinajstić information content (AvgIpc) is 2.73. The number of carbonyl (C=O) groups is 1. The quantitative estimate of drug-likeness (QED) is 0.854. The molecule has 1 amide bonds. The summed E-state index contributed by atoms with van der Waals surface area (Å²) in [5.41, 5.74) is -0.982. The van der Waals surface area contributed by atoms with Crippen LogP contribution in [0.25, 0.3) is 0 Å². The van der Waals surface area contributed by atoms with Crippen molar-refractivity contribution in [2.45, 2.75) is 19.0 Å². The second kappa shape index (κ2) is 5.39. The first-order valence-corrected chi connectivity index (χ1v) is 5.35. The van der Waals surface area contributed by atoms with Crippen LogP contribution < -0.4 is 4.90 Å². The van der Waals surface area contributed by atoms with Gasteiger partial charge in [0.2, 0.25) is 5.91 Å². The Balaban J connectivity index is 2.73. The SMILES string of the molecule is CN(C(=O)CCCCl)c1cc(C(F)(F)F)[nH]n1. The monoisotopic (exact) mass is 269 g/mol. The Labute approximate surface area is 101 Å². The number of nitrogens with zero attached hydrogens (tertiary/aromatic N) is 2. The molecule has 1 N–H and O–H groups in total. The summed E-state index contributed by atoms with van der Waals surface area (Å²) in [7, 11) is 1.37. The predicted molar refractivity (Wildman–Crippen MR) is 57.0 cm³/mol. The summed E-state index contributed by atoms with van der Waals surface area (Å²) in [6.45, 7) is 0. The fraction of sp³-hybridized carbons (Fsp3) is 0.556. The summed E-state index contributed by atoms with van der Waals surface area (Å²) in [5.74, 6) is -0.0590. The molecule has 0 unspecified atom stereocenters. The minimum absolute atomic E-state index is 0.0584. The van der Waals surface area contributed by atoms with Gasteiger partial charge in [0.25, 0.3) is 0 Å². The van der Waals surface area contributed by atoms with Gasteiger partial charge >= 0.3 is 6.18 Å². The van der Waals surface area contributed by atoms with Gasteiger partial charge in [-0.1, -0.05) is 0 Å². The number of alkyl halides is 4. The molecule has 1 rings (SSSR count). The molecule has 0 bridgehead atoms. The van der Waals surface area contributed by atoms with Crippen molar-refractivity contribution in [1.29, 1.82) is 0 Å². The third kappa shape index (κ3) is 3.62. The number of anilines is 1. The first-order valence-electron chi connectivity index (χ1n) is 4.81. The molecule has 0 aromatic carbocycles. The van der Waals surface area contributed by atoms with Gasteiger partial charge in [0.1, 0.15) is 5.69 Å². The van der Waals surface area contributed by atoms with Crippen LogP contribution in [-0.4, -0.2) is 29.0 Å². The van der Waals surface area contributed by atoms with Crippen molar-refractivity contribution in [2.24, 2.45) is 0 Å². The number of hydrogen-bond donors (Lipinski definition) is 1. The molecule has 0 aliphatic carbocycles. The Kier molecular flexibility index (Phi) is 4.39. The Morgan fingerprint density at radius 3 is 2.71 bits per heavy atom. The van der Waals surface area contributed by atoms with E-state index in [-0.39, 0.29) is 18.1 Å². The molecular formula is C9H11ClF3N3O. The maximum absolute atomic E-state index is 12.3. The molecule has 0 aliphatic heterocycles. The first kappa shape index (κ1) is 13.8. The van der Waals surface area contributed by atoms with Gasteiger partial charge in [0, 0.05) is 25.4 Å². The molecule has 0 spiro atoms. The molecule has 1 heterocycles. The molecule has 4 nitrogen and oxygen atoms in total. The number of hydrogen-bond acceptors (Lipinski definition) is 2. The third-order valence-corrected chi connectivity index (χ3v) is 2.38. The van der Waals surface area contributed by atoms with Crippen LogP contribution in [0.1, 0.15) is 18.5 Å². The summed E-state index contributed by atoms with van der Waals surface area (Å²) in [6.07, 6.45) is -3.85. The Hall–Kier alpha value is -1.24. The molecule has 0 saturated heterocycles. The lowest BCUT2D eigenvalue weighted by atomic mass is 10.3. The van der Waals surface area contributed by atoms with Crippen LogP contribution >= 0.6 is 11.6 Å². The molecule has 0 aliphatic rings. The minimum Gasteiger partial charge on any atom is -0.298 e. The van der Waals surface area contributed by atoms with Gasteiger partial charge in [-0.15, -0.1) is 11.6 Å². The number of carbonyl (C=O) groups excluding carboxylic acids is 1. The van der Waals surface area contributed by atoms with Gasteiger partial charge in [0.05, 0.1) is 0 Å². The minimum atomic E-state index is -4.49. The van der Waals surface area contributed by atoms with Crippen LogP contribution in [0.15, 0.2) is 6.07 Å². The van der Waals surface area contributed by atoms with Crippen LogP contribution in [0.2, 0.25) is 0 Å². The maximum atomic E-state index is 12.3. The topological polar surface area (TPSA) is 49.0 Å². The molecule has 0 fully saturated rings. The molecule has 0 radical (unpaired) electrons. The number of H-pyrrole nitrogens is 1. The number of rotatable bonds is 4. The van der Waals surface area contributed by atoms with Crippen molar-refractivity contribution >= 4 is 23.3 Å². The number of nitrogens with one attached hydrogen (secondary N) is 1. The van der Waals surface area contributed by atoms with E-state index < -0.39 is 11.9 Å². The summed E-state index contributed by atoms with van der Waals surface area (Å²) < 4.78 is 36.8. The molecule has 96 valence electrons. The molecule has 17 heavy (non-hydrogen) atoms. The lowest BCUT2D eigenvalue weighted by molar-refractivity contribution is -0.141. The number of halogens is 4. The van der Waals surface area contributed by atoms with Gasteiger partial charge in [-0.2, -0.15) is 18.3 Å². The second-order valence-electron chi connectivity index (χ2n) is 3.38. The summed E-state index contributed by atoms with van der Waals surface area (Å²) in [6, 6.07) is 0.790. The van der Waals surface area contributed by atoms with Gasteiger partial charge in [0.15, 0.2) is 5.82 Å². The zero-order chi connectivity index (χ0) is 13.1. The van der Waals surface area contributed by atoms with Crippen molar-refractivity contribution in [3.05, 3.63) is 11.8 Å². The zero-order valence-electron chi connectivity index (χ0n) is 9.01. The third-order valence-electron chi connectivity index (χ3n) is 2.11. The second-order valence-corrected chi connectivity index (χ2v) is 3.76. The maximum Gasteiger partial charge on any atom is 0.432 e. The van der Waals surface area contributed by atoms with Gasteiger partial charge in [-0.3, -0.25) is 14.8 Å². The van der Waals surface area contributed by atoms with E-state index in [1.165, 1.54) is 7.05 Å². The van der Waals surface area contributed by atoms with Gasteiger partial charge < -0.3 is 0 Å². The molecule has 1 aromatic rings. The zero-order valence-corrected chi connectivity index (χ0v) is 9.77. The van der Waals surface area contributed by atoms with E-state index in [9.17, 15) is 18.0 Å². The molecule has 1 aromatic heterocycles. The Morgan fingerprint density at radius 1 is 1.59 bits per heavy atom. The summed E-state index contributed by atoms with van der Waals surface area (Å²) >= 11 is 5.42. The first-order chi connectivity index (χ1) is 7.86. The largest absolute Gasteiger partial charge is 0.432 e. The summed E-state index contributed by atoms with van der Waals surface area (Å²) in [4.78, 5) is 12.6. The number of aromatic nitrogens is 2. The van der Waals surface area contributed by atoms with E-state index >= 15 is 0 Å². The van der Waals surface area contributed by atoms with Crippen molar-refractivity contribution < 1.29 is 18.0 Å². The van der Waals surface area contributed by atoms with Crippen LogP contribution in [0.5, 0.6) is 0 Å². The van der Waals surface area contributed by atoms with E-state index in [1.54, 1.807) is 0 Å². The highest BCUT2D eigenvalue weighted by atomic mass is 35.5. The van der Waals surface area contributed by atoms with Crippen LogP contribution in [-0.2, 0) is 11.0 Å². The Bertz CT molecular complexity index is 391. The van der Waals surface area contributed by atoms with E-state index in [1.807, 2.05) is 5.10 Å². The van der Waals surface area contributed by atoms with Gasteiger partial charge in [-0.25, -0.2) is 0 Å². The van der Waals surface area contributed by atoms with E-state index in [0.717, 1.165) is 11.0 Å². The normalized spacial score (nSPS) is 11.6.